The van der Waals surface area contributed by atoms with Crippen LogP contribution >= 0.6 is 0 Å². The summed E-state index contributed by atoms with van der Waals surface area (Å²) in [7, 11) is 3.02. The van der Waals surface area contributed by atoms with Gasteiger partial charge in [-0.3, -0.25) is 14.4 Å². The highest BCUT2D eigenvalue weighted by Gasteiger charge is 2.57. The average molecular weight is 790 g/mol. The summed E-state index contributed by atoms with van der Waals surface area (Å²) in [4.78, 5) is 57.1. The number of amides is 1. The van der Waals surface area contributed by atoms with Crippen molar-refractivity contribution in [2.75, 3.05) is 20.8 Å². The van der Waals surface area contributed by atoms with Crippen molar-refractivity contribution in [1.29, 1.82) is 0 Å². The molecule has 3 heterocycles. The number of allylic oxidation sites excluding steroid dienone is 4. The molecular weight excluding hydrogens is 722 g/mol. The van der Waals surface area contributed by atoms with Crippen LogP contribution in [0.25, 0.3) is 0 Å². The topological polar surface area (TPSA) is 189 Å². The molecule has 2 saturated heterocycles. The standard InChI is InChI=1S/C43H67NO12/c1-9-12-30-18-24(2)17-25(3)19-36(54-8)38(48)37-21-27(5)43(52,56-37)40(49)41(50)44-16-11-10-13-31(44)42(51)55-39(28(6)33(46)23-34(30)47)26(4)20-29-14-15-32(45)35(22-29)53-7/h9,18,20,25,27-33,35-39,45-46,48,52H,1,10-17,19,21-23H2,2-8H3/b24-18+,26-20+/t25-,27+,28+,29-,30+,31-,32+,33-,35+,36-,37+,38+,39-,43+/m0/s1. The molecule has 0 spiro atoms. The maximum absolute atomic E-state index is 14.2. The first-order valence-electron chi connectivity index (χ1n) is 20.5. The lowest BCUT2D eigenvalue weighted by atomic mass is 9.81. The first-order valence-corrected chi connectivity index (χ1v) is 20.5. The number of carbonyl (C=O) groups is 4. The lowest BCUT2D eigenvalue weighted by Crippen LogP contribution is -2.57. The molecule has 0 aromatic heterocycles. The van der Waals surface area contributed by atoms with E-state index in [0.717, 1.165) is 10.5 Å². The van der Waals surface area contributed by atoms with Crippen molar-refractivity contribution in [3.63, 3.8) is 0 Å². The van der Waals surface area contributed by atoms with Gasteiger partial charge in [-0.15, -0.1) is 6.58 Å². The average Bonchev–Trinajstić information content (AvgIpc) is 3.48. The van der Waals surface area contributed by atoms with Crippen LogP contribution in [0.15, 0.2) is 36.0 Å². The van der Waals surface area contributed by atoms with Crippen LogP contribution in [0.3, 0.4) is 0 Å². The van der Waals surface area contributed by atoms with E-state index in [2.05, 4.69) is 6.58 Å². The quantitative estimate of drug-likeness (QED) is 0.172. The van der Waals surface area contributed by atoms with Gasteiger partial charge in [-0.1, -0.05) is 44.6 Å². The number of aliphatic hydroxyl groups is 4. The Hall–Kier alpha value is -2.78. The molecule has 1 saturated carbocycles. The number of methoxy groups -OCH3 is 2. The van der Waals surface area contributed by atoms with Gasteiger partial charge in [0.15, 0.2) is 0 Å². The molecule has 4 rings (SSSR count). The van der Waals surface area contributed by atoms with Gasteiger partial charge in [-0.2, -0.15) is 0 Å². The Bertz CT molecular complexity index is 1460. The number of esters is 1. The van der Waals surface area contributed by atoms with Gasteiger partial charge in [0.2, 0.25) is 5.79 Å². The third-order valence-corrected chi connectivity index (χ3v) is 12.6. The Balaban J connectivity index is 1.74. The van der Waals surface area contributed by atoms with E-state index in [9.17, 15) is 39.6 Å². The van der Waals surface area contributed by atoms with Gasteiger partial charge in [0.1, 0.15) is 24.0 Å². The fourth-order valence-electron chi connectivity index (χ4n) is 9.20. The van der Waals surface area contributed by atoms with Crippen LogP contribution in [-0.2, 0) is 38.1 Å². The normalized spacial score (nSPS) is 41.5. The molecule has 1 amide bonds. The first-order chi connectivity index (χ1) is 26.4. The highest BCUT2D eigenvalue weighted by molar-refractivity contribution is 6.39. The second-order valence-electron chi connectivity index (χ2n) is 17.1. The molecule has 13 heteroatoms. The number of piperidine rings is 1. The van der Waals surface area contributed by atoms with Gasteiger partial charge in [-0.25, -0.2) is 4.79 Å². The van der Waals surface area contributed by atoms with Gasteiger partial charge in [0.05, 0.1) is 30.5 Å². The largest absolute Gasteiger partial charge is 0.456 e. The molecule has 14 atom stereocenters. The fraction of sp³-hybridized carbons (Fsp3) is 0.767. The van der Waals surface area contributed by atoms with E-state index in [4.69, 9.17) is 18.9 Å². The zero-order chi connectivity index (χ0) is 41.5. The predicted octanol–water partition coefficient (Wildman–Crippen LogP) is 3.98. The summed E-state index contributed by atoms with van der Waals surface area (Å²) in [5.41, 5.74) is 1.58. The van der Waals surface area contributed by atoms with Crippen molar-refractivity contribution in [1.82, 2.24) is 4.90 Å². The third kappa shape index (κ3) is 10.8. The van der Waals surface area contributed by atoms with Crippen LogP contribution < -0.4 is 0 Å². The van der Waals surface area contributed by atoms with Crippen molar-refractivity contribution in [2.45, 2.75) is 160 Å². The molecule has 3 fully saturated rings. The molecule has 0 aromatic rings. The molecular formula is C43H67NO12. The molecule has 1 aliphatic carbocycles. The van der Waals surface area contributed by atoms with Crippen LogP contribution in [0.4, 0.5) is 0 Å². The van der Waals surface area contributed by atoms with E-state index in [1.165, 1.54) is 7.11 Å². The highest BCUT2D eigenvalue weighted by atomic mass is 16.7. The Morgan fingerprint density at radius 2 is 1.66 bits per heavy atom. The number of nitrogens with zero attached hydrogens (tertiary/aromatic N) is 1. The van der Waals surface area contributed by atoms with E-state index in [0.29, 0.717) is 56.9 Å². The van der Waals surface area contributed by atoms with Crippen molar-refractivity contribution in [2.24, 2.45) is 29.6 Å². The zero-order valence-electron chi connectivity index (χ0n) is 34.4. The van der Waals surface area contributed by atoms with Gasteiger partial charge < -0.3 is 44.3 Å². The lowest BCUT2D eigenvalue weighted by Gasteiger charge is -2.38. The number of Topliss-reactive ketones (excluding diaryl/α,β-unsaturated/α-hetero) is 2. The van der Waals surface area contributed by atoms with E-state index in [1.807, 2.05) is 26.0 Å². The van der Waals surface area contributed by atoms with Crippen molar-refractivity contribution >= 4 is 23.4 Å². The first kappa shape index (κ1) is 45.9. The number of hydrogen-bond acceptors (Lipinski definition) is 12. The maximum Gasteiger partial charge on any atom is 0.329 e. The predicted molar refractivity (Wildman–Crippen MR) is 208 cm³/mol. The Morgan fingerprint density at radius 1 is 0.964 bits per heavy atom. The summed E-state index contributed by atoms with van der Waals surface area (Å²) in [6.45, 7) is 12.9. The van der Waals surface area contributed by atoms with Crippen LogP contribution in [0.2, 0.25) is 0 Å². The van der Waals surface area contributed by atoms with Crippen LogP contribution in [0.1, 0.15) is 105 Å². The number of carbonyl (C=O) groups excluding carboxylic acids is 4. The summed E-state index contributed by atoms with van der Waals surface area (Å²) >= 11 is 0. The van der Waals surface area contributed by atoms with Crippen LogP contribution in [0, 0.1) is 29.6 Å². The minimum atomic E-state index is -2.53. The molecule has 316 valence electrons. The summed E-state index contributed by atoms with van der Waals surface area (Å²) in [5.74, 6) is -7.99. The Morgan fingerprint density at radius 3 is 2.32 bits per heavy atom. The molecule has 4 N–H and O–H groups in total. The second-order valence-corrected chi connectivity index (χ2v) is 17.1. The summed E-state index contributed by atoms with van der Waals surface area (Å²) in [6, 6.07) is -1.16. The van der Waals surface area contributed by atoms with Crippen LogP contribution in [0.5, 0.6) is 0 Å². The van der Waals surface area contributed by atoms with Crippen LogP contribution in [-0.4, -0.2) is 124 Å². The van der Waals surface area contributed by atoms with E-state index < -0.39 is 83.9 Å². The van der Waals surface area contributed by atoms with E-state index in [-0.39, 0.29) is 49.5 Å². The fourth-order valence-corrected chi connectivity index (χ4v) is 9.20. The summed E-state index contributed by atoms with van der Waals surface area (Å²) in [6.07, 6.45) is 3.66. The minimum absolute atomic E-state index is 0.0115. The molecule has 2 bridgehead atoms. The SMILES string of the molecule is C=CC[C@@H]1/C=C(\C)C[C@H](C)C[C@H](OC)[C@@H](O)[C@H]2C[C@@H](C)[C@@](O)(O2)C(=O)C(=O)N2CCCC[C@H]2C(=O)O[C@@H](/C(C)=C/[C@@H]2CC[C@@H](O)[C@H](OC)C2)[C@H](C)[C@@H](O)CC1=O. The Labute approximate surface area is 332 Å². The molecule has 0 unspecified atom stereocenters. The van der Waals surface area contributed by atoms with Crippen molar-refractivity contribution in [3.8, 4) is 0 Å². The second kappa shape index (κ2) is 20.3. The molecule has 56 heavy (non-hydrogen) atoms. The van der Waals surface area contributed by atoms with E-state index in [1.54, 1.807) is 34.0 Å². The highest BCUT2D eigenvalue weighted by Crippen LogP contribution is 2.39. The third-order valence-electron chi connectivity index (χ3n) is 12.6. The van der Waals surface area contributed by atoms with Crippen molar-refractivity contribution < 1.29 is 58.6 Å². The molecule has 0 aromatic carbocycles. The summed E-state index contributed by atoms with van der Waals surface area (Å²) in [5, 5.41) is 45.1. The number of fused-ring (bicyclic) bond motifs is 3. The zero-order valence-corrected chi connectivity index (χ0v) is 34.4. The van der Waals surface area contributed by atoms with Gasteiger partial charge in [-0.05, 0) is 95.5 Å². The molecule has 0 radical (unpaired) electrons. The number of hydrogen-bond donors (Lipinski definition) is 4. The Kier molecular flexibility index (Phi) is 16.6. The number of aliphatic hydroxyl groups excluding tert-OH is 3. The van der Waals surface area contributed by atoms with Crippen molar-refractivity contribution in [3.05, 3.63) is 36.0 Å². The van der Waals surface area contributed by atoms with Gasteiger partial charge in [0.25, 0.3) is 11.7 Å². The lowest BCUT2D eigenvalue weighted by molar-refractivity contribution is -0.225. The molecule has 4 aliphatic rings. The van der Waals surface area contributed by atoms with Gasteiger partial charge in [0, 0.05) is 44.9 Å². The maximum atomic E-state index is 14.2. The molecule has 13 nitrogen and oxygen atoms in total. The molecule has 3 aliphatic heterocycles. The number of ether oxygens (including phenoxy) is 4. The minimum Gasteiger partial charge on any atom is -0.456 e. The number of rotatable bonds is 6. The smallest absolute Gasteiger partial charge is 0.329 e. The number of cyclic esters (lactones) is 1. The monoisotopic (exact) mass is 789 g/mol. The summed E-state index contributed by atoms with van der Waals surface area (Å²) < 4.78 is 23.3. The van der Waals surface area contributed by atoms with Gasteiger partial charge >= 0.3 is 5.97 Å². The number of ketones is 2. The van der Waals surface area contributed by atoms with E-state index >= 15 is 0 Å².